The lowest BCUT2D eigenvalue weighted by molar-refractivity contribution is -0.123. The molecule has 5 nitrogen and oxygen atoms in total. The second-order valence-electron chi connectivity index (χ2n) is 5.54. The van der Waals surface area contributed by atoms with Crippen LogP contribution in [0.4, 0.5) is 5.69 Å². The molecule has 0 fully saturated rings. The summed E-state index contributed by atoms with van der Waals surface area (Å²) in [6, 6.07) is 10.7. The molecule has 0 saturated heterocycles. The molecule has 1 heterocycles. The molecule has 128 valence electrons. The van der Waals surface area contributed by atoms with E-state index >= 15 is 0 Å². The van der Waals surface area contributed by atoms with Gasteiger partial charge < -0.3 is 14.5 Å². The van der Waals surface area contributed by atoms with E-state index in [1.807, 2.05) is 24.3 Å². The number of hydrogen-bond donors (Lipinski definition) is 1. The van der Waals surface area contributed by atoms with Gasteiger partial charge in [-0.25, -0.2) is 4.79 Å². The third-order valence-corrected chi connectivity index (χ3v) is 4.22. The minimum Gasteiger partial charge on any atom is -0.447 e. The molecule has 1 amide bonds. The topological polar surface area (TPSA) is 68.5 Å². The highest BCUT2D eigenvalue weighted by molar-refractivity contribution is 9.10. The normalized spacial score (nSPS) is 13.2. The molecule has 6 heteroatoms. The Labute approximate surface area is 149 Å². The first-order valence-electron chi connectivity index (χ1n) is 7.78. The number of nitrogens with one attached hydrogen (secondary N) is 1. The SMILES string of the molecule is CC[C@H](C)c1ccccc1NC(=O)[C@H](C)OC(=O)c1ccc(Br)o1. The van der Waals surface area contributed by atoms with Gasteiger partial charge in [-0.05, 0) is 59.0 Å². The van der Waals surface area contributed by atoms with Crippen LogP contribution in [0.5, 0.6) is 0 Å². The number of hydrogen-bond acceptors (Lipinski definition) is 4. The fourth-order valence-corrected chi connectivity index (χ4v) is 2.50. The number of carbonyl (C=O) groups excluding carboxylic acids is 2. The Morgan fingerprint density at radius 2 is 1.92 bits per heavy atom. The van der Waals surface area contributed by atoms with Crippen molar-refractivity contribution >= 4 is 33.5 Å². The van der Waals surface area contributed by atoms with Gasteiger partial charge >= 0.3 is 5.97 Å². The fraction of sp³-hybridized carbons (Fsp3) is 0.333. The van der Waals surface area contributed by atoms with Gasteiger partial charge in [0.25, 0.3) is 5.91 Å². The third kappa shape index (κ3) is 4.47. The number of amides is 1. The van der Waals surface area contributed by atoms with Crippen LogP contribution in [-0.4, -0.2) is 18.0 Å². The Morgan fingerprint density at radius 3 is 2.54 bits per heavy atom. The van der Waals surface area contributed by atoms with Crippen LogP contribution in [-0.2, 0) is 9.53 Å². The number of anilines is 1. The first-order chi connectivity index (χ1) is 11.4. The maximum atomic E-state index is 12.3. The molecule has 0 aliphatic rings. The van der Waals surface area contributed by atoms with Gasteiger partial charge in [-0.15, -0.1) is 0 Å². The summed E-state index contributed by atoms with van der Waals surface area (Å²) in [7, 11) is 0. The first kappa shape index (κ1) is 18.3. The van der Waals surface area contributed by atoms with Gasteiger partial charge in [0.05, 0.1) is 0 Å². The molecule has 1 aromatic carbocycles. The van der Waals surface area contributed by atoms with E-state index in [-0.39, 0.29) is 11.7 Å². The second kappa shape index (κ2) is 8.15. The molecule has 0 bridgehead atoms. The molecule has 1 N–H and O–H groups in total. The van der Waals surface area contributed by atoms with Crippen molar-refractivity contribution in [3.05, 3.63) is 52.4 Å². The van der Waals surface area contributed by atoms with Crippen molar-refractivity contribution in [2.75, 3.05) is 5.32 Å². The van der Waals surface area contributed by atoms with E-state index in [4.69, 9.17) is 9.15 Å². The minimum atomic E-state index is -0.939. The first-order valence-corrected chi connectivity index (χ1v) is 8.57. The van der Waals surface area contributed by atoms with Crippen molar-refractivity contribution < 1.29 is 18.7 Å². The van der Waals surface area contributed by atoms with Gasteiger partial charge in [-0.3, -0.25) is 4.79 Å². The number of para-hydroxylation sites is 1. The molecule has 24 heavy (non-hydrogen) atoms. The molecule has 0 unspecified atom stereocenters. The highest BCUT2D eigenvalue weighted by Gasteiger charge is 2.22. The van der Waals surface area contributed by atoms with Crippen molar-refractivity contribution in [3.63, 3.8) is 0 Å². The zero-order valence-electron chi connectivity index (χ0n) is 13.8. The molecular weight excluding hydrogens is 374 g/mol. The average Bonchev–Trinajstić information content (AvgIpc) is 3.01. The zero-order chi connectivity index (χ0) is 17.7. The summed E-state index contributed by atoms with van der Waals surface area (Å²) in [5.41, 5.74) is 1.79. The molecule has 2 rings (SSSR count). The summed E-state index contributed by atoms with van der Waals surface area (Å²) < 4.78 is 10.7. The predicted molar refractivity (Wildman–Crippen MR) is 95.1 cm³/mol. The van der Waals surface area contributed by atoms with E-state index < -0.39 is 12.1 Å². The van der Waals surface area contributed by atoms with E-state index in [1.54, 1.807) is 6.07 Å². The minimum absolute atomic E-state index is 0.0431. The number of furan rings is 1. The van der Waals surface area contributed by atoms with E-state index in [1.165, 1.54) is 13.0 Å². The lowest BCUT2D eigenvalue weighted by atomic mass is 9.97. The van der Waals surface area contributed by atoms with E-state index in [9.17, 15) is 9.59 Å². The highest BCUT2D eigenvalue weighted by atomic mass is 79.9. The largest absolute Gasteiger partial charge is 0.447 e. The van der Waals surface area contributed by atoms with Crippen LogP contribution in [0.2, 0.25) is 0 Å². The monoisotopic (exact) mass is 393 g/mol. The van der Waals surface area contributed by atoms with Crippen LogP contribution in [0.3, 0.4) is 0 Å². The molecule has 0 aliphatic carbocycles. The number of rotatable bonds is 6. The van der Waals surface area contributed by atoms with Gasteiger partial charge in [-0.1, -0.05) is 32.0 Å². The molecule has 0 radical (unpaired) electrons. The molecule has 2 atom stereocenters. The molecule has 0 saturated carbocycles. The number of esters is 1. The highest BCUT2D eigenvalue weighted by Crippen LogP contribution is 2.26. The molecule has 2 aromatic rings. The lowest BCUT2D eigenvalue weighted by Crippen LogP contribution is -2.30. The van der Waals surface area contributed by atoms with Gasteiger partial charge in [0.15, 0.2) is 10.8 Å². The van der Waals surface area contributed by atoms with E-state index in [0.717, 1.165) is 17.7 Å². The summed E-state index contributed by atoms with van der Waals surface area (Å²) in [5, 5.41) is 2.83. The summed E-state index contributed by atoms with van der Waals surface area (Å²) in [6.45, 7) is 5.72. The number of carbonyl (C=O) groups is 2. The molecular formula is C18H20BrNO4. The third-order valence-electron chi connectivity index (χ3n) is 3.79. The van der Waals surface area contributed by atoms with Crippen molar-refractivity contribution in [2.45, 2.75) is 39.2 Å². The summed E-state index contributed by atoms with van der Waals surface area (Å²) >= 11 is 3.11. The summed E-state index contributed by atoms with van der Waals surface area (Å²) in [5.74, 6) is -0.704. The Bertz CT molecular complexity index is 725. The van der Waals surface area contributed by atoms with Gasteiger partial charge in [-0.2, -0.15) is 0 Å². The van der Waals surface area contributed by atoms with Gasteiger partial charge in [0, 0.05) is 5.69 Å². The maximum Gasteiger partial charge on any atom is 0.375 e. The maximum absolute atomic E-state index is 12.3. The molecule has 1 aromatic heterocycles. The Hall–Kier alpha value is -2.08. The predicted octanol–water partition coefficient (Wildman–Crippen LogP) is 4.74. The number of benzene rings is 1. The Morgan fingerprint density at radius 1 is 1.21 bits per heavy atom. The molecule has 0 spiro atoms. The van der Waals surface area contributed by atoms with Crippen molar-refractivity contribution in [3.8, 4) is 0 Å². The van der Waals surface area contributed by atoms with Crippen LogP contribution in [0.1, 0.15) is 49.2 Å². The summed E-state index contributed by atoms with van der Waals surface area (Å²) in [4.78, 5) is 24.2. The van der Waals surface area contributed by atoms with Crippen LogP contribution in [0.15, 0.2) is 45.5 Å². The quantitative estimate of drug-likeness (QED) is 0.719. The van der Waals surface area contributed by atoms with Crippen LogP contribution >= 0.6 is 15.9 Å². The van der Waals surface area contributed by atoms with Crippen LogP contribution in [0.25, 0.3) is 0 Å². The number of ether oxygens (including phenoxy) is 1. The van der Waals surface area contributed by atoms with Gasteiger partial charge in [0.1, 0.15) is 0 Å². The second-order valence-corrected chi connectivity index (χ2v) is 6.32. The van der Waals surface area contributed by atoms with Crippen LogP contribution in [0, 0.1) is 0 Å². The lowest BCUT2D eigenvalue weighted by Gasteiger charge is -2.17. The molecule has 0 aliphatic heterocycles. The van der Waals surface area contributed by atoms with Crippen molar-refractivity contribution in [2.24, 2.45) is 0 Å². The van der Waals surface area contributed by atoms with E-state index in [2.05, 4.69) is 35.1 Å². The van der Waals surface area contributed by atoms with Crippen LogP contribution < -0.4 is 5.32 Å². The Kier molecular flexibility index (Phi) is 6.20. The Balaban J connectivity index is 2.03. The smallest absolute Gasteiger partial charge is 0.375 e. The van der Waals surface area contributed by atoms with E-state index in [0.29, 0.717) is 10.6 Å². The zero-order valence-corrected chi connectivity index (χ0v) is 15.4. The fourth-order valence-electron chi connectivity index (χ4n) is 2.19. The average molecular weight is 394 g/mol. The summed E-state index contributed by atoms with van der Waals surface area (Å²) in [6.07, 6.45) is 0.0245. The standard InChI is InChI=1S/C18H20BrNO4/c1-4-11(2)13-7-5-6-8-14(13)20-17(21)12(3)23-18(22)15-9-10-16(19)24-15/h5-12H,4H2,1-3H3,(H,20,21)/t11-,12-/m0/s1. The van der Waals surface area contributed by atoms with Crippen molar-refractivity contribution in [1.29, 1.82) is 0 Å². The number of halogens is 1. The van der Waals surface area contributed by atoms with Gasteiger partial charge in [0.2, 0.25) is 5.76 Å². The van der Waals surface area contributed by atoms with Crippen molar-refractivity contribution in [1.82, 2.24) is 0 Å².